The molecule has 0 amide bonds. The third kappa shape index (κ3) is 3.07. The molecule has 1 saturated carbocycles. The van der Waals surface area contributed by atoms with Crippen molar-refractivity contribution >= 4 is 0 Å². The standard InChI is InChI=1S/C18H22N2O.C2H6/c21-18(13-6-2-1-3-7-13)10-16-14-8-4-5-9-15(14)17-11-19-12-20(16)17;1-2/h4-5,8-9,11-13,16,18,21H,1-3,6-7,10H2;1-2H3. The number of nitrogens with zero attached hydrogens (tertiary/aromatic N) is 2. The summed E-state index contributed by atoms with van der Waals surface area (Å²) < 4.78 is 2.23. The van der Waals surface area contributed by atoms with Crippen molar-refractivity contribution in [1.29, 1.82) is 0 Å². The van der Waals surface area contributed by atoms with Crippen molar-refractivity contribution in [2.75, 3.05) is 0 Å². The minimum absolute atomic E-state index is 0.197. The van der Waals surface area contributed by atoms with E-state index in [0.29, 0.717) is 5.92 Å². The van der Waals surface area contributed by atoms with Crippen molar-refractivity contribution in [3.8, 4) is 11.3 Å². The molecule has 0 saturated heterocycles. The van der Waals surface area contributed by atoms with Crippen LogP contribution >= 0.6 is 0 Å². The Labute approximate surface area is 139 Å². The molecule has 2 aliphatic rings. The Morgan fingerprint density at radius 2 is 1.91 bits per heavy atom. The van der Waals surface area contributed by atoms with Crippen molar-refractivity contribution in [2.45, 2.75) is 64.5 Å². The lowest BCUT2D eigenvalue weighted by atomic mass is 9.82. The molecule has 3 heteroatoms. The molecule has 1 N–H and O–H groups in total. The fourth-order valence-electron chi connectivity index (χ4n) is 4.11. The highest BCUT2D eigenvalue weighted by atomic mass is 16.3. The van der Waals surface area contributed by atoms with Crippen LogP contribution in [-0.4, -0.2) is 20.8 Å². The Morgan fingerprint density at radius 1 is 1.17 bits per heavy atom. The van der Waals surface area contributed by atoms with Gasteiger partial charge in [-0.1, -0.05) is 57.4 Å². The van der Waals surface area contributed by atoms with Crippen molar-refractivity contribution < 1.29 is 5.11 Å². The molecule has 1 aromatic carbocycles. The molecular formula is C20H28N2O. The zero-order valence-corrected chi connectivity index (χ0v) is 14.3. The first-order valence-electron chi connectivity index (χ1n) is 9.14. The maximum atomic E-state index is 10.7. The summed E-state index contributed by atoms with van der Waals surface area (Å²) in [6, 6.07) is 8.78. The first-order chi connectivity index (χ1) is 11.3. The fourth-order valence-corrected chi connectivity index (χ4v) is 4.11. The van der Waals surface area contributed by atoms with E-state index in [2.05, 4.69) is 33.8 Å². The average Bonchev–Trinajstić information content (AvgIpc) is 3.20. The van der Waals surface area contributed by atoms with Crippen LogP contribution < -0.4 is 0 Å². The zero-order valence-electron chi connectivity index (χ0n) is 14.3. The SMILES string of the molecule is CC.OC(CC1c2ccccc2-c2cncn21)C1CCCCC1. The summed E-state index contributed by atoms with van der Waals surface area (Å²) in [6.07, 6.45) is 10.7. The van der Waals surface area contributed by atoms with E-state index in [0.717, 1.165) is 6.42 Å². The smallest absolute Gasteiger partial charge is 0.0956 e. The van der Waals surface area contributed by atoms with Gasteiger partial charge in [0.2, 0.25) is 0 Å². The fraction of sp³-hybridized carbons (Fsp3) is 0.550. The van der Waals surface area contributed by atoms with Gasteiger partial charge >= 0.3 is 0 Å². The highest BCUT2D eigenvalue weighted by Gasteiger charge is 2.32. The Morgan fingerprint density at radius 3 is 2.70 bits per heavy atom. The molecule has 0 spiro atoms. The molecule has 1 aliphatic heterocycles. The van der Waals surface area contributed by atoms with Gasteiger partial charge in [-0.3, -0.25) is 0 Å². The number of aromatic nitrogens is 2. The van der Waals surface area contributed by atoms with Crippen molar-refractivity contribution in [3.05, 3.63) is 42.4 Å². The van der Waals surface area contributed by atoms with Gasteiger partial charge in [0.15, 0.2) is 0 Å². The minimum atomic E-state index is -0.197. The normalized spacial score (nSPS) is 21.1. The van der Waals surface area contributed by atoms with Crippen LogP contribution in [0.25, 0.3) is 11.3 Å². The lowest BCUT2D eigenvalue weighted by molar-refractivity contribution is 0.0686. The predicted molar refractivity (Wildman–Crippen MR) is 94.3 cm³/mol. The summed E-state index contributed by atoms with van der Waals surface area (Å²) in [7, 11) is 0. The number of rotatable bonds is 3. The van der Waals surface area contributed by atoms with E-state index >= 15 is 0 Å². The van der Waals surface area contributed by atoms with Gasteiger partial charge in [0.25, 0.3) is 0 Å². The molecule has 23 heavy (non-hydrogen) atoms. The van der Waals surface area contributed by atoms with Crippen LogP contribution in [0.5, 0.6) is 0 Å². The molecule has 2 aromatic rings. The quantitative estimate of drug-likeness (QED) is 0.883. The highest BCUT2D eigenvalue weighted by molar-refractivity contribution is 5.68. The molecule has 2 unspecified atom stereocenters. The van der Waals surface area contributed by atoms with E-state index in [1.54, 1.807) is 0 Å². The van der Waals surface area contributed by atoms with E-state index < -0.39 is 0 Å². The van der Waals surface area contributed by atoms with Crippen LogP contribution in [-0.2, 0) is 0 Å². The molecule has 0 radical (unpaired) electrons. The number of benzene rings is 1. The van der Waals surface area contributed by atoms with Gasteiger partial charge in [-0.15, -0.1) is 0 Å². The number of imidazole rings is 1. The second-order valence-electron chi connectivity index (χ2n) is 6.49. The number of fused-ring (bicyclic) bond motifs is 3. The van der Waals surface area contributed by atoms with Gasteiger partial charge in [0.05, 0.1) is 30.4 Å². The van der Waals surface area contributed by atoms with E-state index in [1.165, 1.54) is 48.9 Å². The monoisotopic (exact) mass is 312 g/mol. The highest BCUT2D eigenvalue weighted by Crippen LogP contribution is 2.42. The molecule has 4 rings (SSSR count). The molecule has 1 aromatic heterocycles. The summed E-state index contributed by atoms with van der Waals surface area (Å²) in [5.41, 5.74) is 3.80. The summed E-state index contributed by atoms with van der Waals surface area (Å²) >= 11 is 0. The minimum Gasteiger partial charge on any atom is -0.393 e. The van der Waals surface area contributed by atoms with E-state index in [9.17, 15) is 5.11 Å². The Balaban J connectivity index is 0.000000753. The average molecular weight is 312 g/mol. The molecule has 1 fully saturated rings. The Bertz CT molecular complexity index is 628. The number of hydrogen-bond donors (Lipinski definition) is 1. The lowest BCUT2D eigenvalue weighted by Gasteiger charge is -2.29. The molecule has 2 heterocycles. The molecule has 2 atom stereocenters. The van der Waals surface area contributed by atoms with E-state index in [1.807, 2.05) is 26.4 Å². The largest absolute Gasteiger partial charge is 0.393 e. The van der Waals surface area contributed by atoms with Crippen molar-refractivity contribution in [3.63, 3.8) is 0 Å². The van der Waals surface area contributed by atoms with Crippen LogP contribution in [0.15, 0.2) is 36.8 Å². The van der Waals surface area contributed by atoms with Gasteiger partial charge in [0, 0.05) is 5.56 Å². The van der Waals surface area contributed by atoms with E-state index in [-0.39, 0.29) is 12.1 Å². The Hall–Kier alpha value is -1.61. The number of aliphatic hydroxyl groups is 1. The van der Waals surface area contributed by atoms with Crippen LogP contribution in [0, 0.1) is 5.92 Å². The van der Waals surface area contributed by atoms with Gasteiger partial charge in [-0.25, -0.2) is 4.98 Å². The molecule has 0 bridgehead atoms. The van der Waals surface area contributed by atoms with Crippen molar-refractivity contribution in [1.82, 2.24) is 9.55 Å². The van der Waals surface area contributed by atoms with E-state index in [4.69, 9.17) is 0 Å². The summed E-state index contributed by atoms with van der Waals surface area (Å²) in [4.78, 5) is 4.29. The Kier molecular flexibility index (Phi) is 5.16. The first kappa shape index (κ1) is 16.3. The topological polar surface area (TPSA) is 38.1 Å². The molecule has 124 valence electrons. The van der Waals surface area contributed by atoms with Gasteiger partial charge in [-0.2, -0.15) is 0 Å². The summed E-state index contributed by atoms with van der Waals surface area (Å²) in [5, 5.41) is 10.7. The van der Waals surface area contributed by atoms with Crippen LogP contribution in [0.1, 0.15) is 64.0 Å². The van der Waals surface area contributed by atoms with Gasteiger partial charge in [-0.05, 0) is 30.7 Å². The lowest BCUT2D eigenvalue weighted by Crippen LogP contribution is -2.26. The van der Waals surface area contributed by atoms with Crippen molar-refractivity contribution in [2.24, 2.45) is 5.92 Å². The number of aliphatic hydroxyl groups excluding tert-OH is 1. The maximum Gasteiger partial charge on any atom is 0.0956 e. The van der Waals surface area contributed by atoms with Crippen LogP contribution in [0.2, 0.25) is 0 Å². The second kappa shape index (κ2) is 7.31. The first-order valence-corrected chi connectivity index (χ1v) is 9.14. The molecule has 1 aliphatic carbocycles. The molecular weight excluding hydrogens is 284 g/mol. The van der Waals surface area contributed by atoms with Crippen LogP contribution in [0.4, 0.5) is 0 Å². The van der Waals surface area contributed by atoms with Crippen LogP contribution in [0.3, 0.4) is 0 Å². The summed E-state index contributed by atoms with van der Waals surface area (Å²) in [6.45, 7) is 4.00. The maximum absolute atomic E-state index is 10.7. The zero-order chi connectivity index (χ0) is 16.2. The molecule has 3 nitrogen and oxygen atoms in total. The number of hydrogen-bond acceptors (Lipinski definition) is 2. The summed E-state index contributed by atoms with van der Waals surface area (Å²) in [5.74, 6) is 0.485. The van der Waals surface area contributed by atoms with Gasteiger partial charge in [0.1, 0.15) is 0 Å². The second-order valence-corrected chi connectivity index (χ2v) is 6.49. The van der Waals surface area contributed by atoms with Gasteiger partial charge < -0.3 is 9.67 Å². The third-order valence-corrected chi connectivity index (χ3v) is 5.26. The predicted octanol–water partition coefficient (Wildman–Crippen LogP) is 4.81. The third-order valence-electron chi connectivity index (χ3n) is 5.26.